The maximum absolute atomic E-state index is 12.7. The molecule has 0 aliphatic heterocycles. The molecule has 2 aromatic carbocycles. The van der Waals surface area contributed by atoms with E-state index in [2.05, 4.69) is 9.71 Å². The second-order valence-electron chi connectivity index (χ2n) is 6.93. The van der Waals surface area contributed by atoms with Gasteiger partial charge in [0.15, 0.2) is 0 Å². The summed E-state index contributed by atoms with van der Waals surface area (Å²) >= 11 is 0. The van der Waals surface area contributed by atoms with Crippen molar-refractivity contribution in [3.8, 4) is 0 Å². The van der Waals surface area contributed by atoms with E-state index in [-0.39, 0.29) is 4.90 Å². The van der Waals surface area contributed by atoms with Crippen LogP contribution in [0.5, 0.6) is 0 Å². The third-order valence-electron chi connectivity index (χ3n) is 5.11. The minimum atomic E-state index is -3.62. The number of hydrogen-bond donors (Lipinski definition) is 1. The van der Waals surface area contributed by atoms with E-state index in [0.29, 0.717) is 11.6 Å². The summed E-state index contributed by atoms with van der Waals surface area (Å²) in [6, 6.07) is 16.8. The van der Waals surface area contributed by atoms with E-state index in [9.17, 15) is 8.42 Å². The van der Waals surface area contributed by atoms with Gasteiger partial charge < -0.3 is 0 Å². The molecule has 3 aromatic rings. The summed E-state index contributed by atoms with van der Waals surface area (Å²) < 4.78 is 28.0. The van der Waals surface area contributed by atoms with Crippen molar-refractivity contribution in [1.29, 1.82) is 0 Å². The van der Waals surface area contributed by atoms with Gasteiger partial charge in [-0.2, -0.15) is 0 Å². The summed E-state index contributed by atoms with van der Waals surface area (Å²) in [6.07, 6.45) is 7.80. The second-order valence-corrected chi connectivity index (χ2v) is 8.61. The molecule has 0 spiro atoms. The van der Waals surface area contributed by atoms with E-state index in [1.54, 1.807) is 24.4 Å². The molecule has 1 aliphatic rings. The van der Waals surface area contributed by atoms with Crippen molar-refractivity contribution in [2.45, 2.75) is 42.9 Å². The van der Waals surface area contributed by atoms with Gasteiger partial charge in [0, 0.05) is 5.39 Å². The van der Waals surface area contributed by atoms with Crippen LogP contribution >= 0.6 is 0 Å². The number of nitrogens with one attached hydrogen (secondary N) is 1. The van der Waals surface area contributed by atoms with Crippen LogP contribution in [0.25, 0.3) is 10.9 Å². The lowest BCUT2D eigenvalue weighted by Crippen LogP contribution is -2.13. The topological polar surface area (TPSA) is 59.1 Å². The van der Waals surface area contributed by atoms with E-state index in [1.165, 1.54) is 37.7 Å². The van der Waals surface area contributed by atoms with Crippen LogP contribution < -0.4 is 4.72 Å². The lowest BCUT2D eigenvalue weighted by molar-refractivity contribution is 0.443. The quantitative estimate of drug-likeness (QED) is 0.700. The third kappa shape index (κ3) is 3.58. The van der Waals surface area contributed by atoms with Gasteiger partial charge in [-0.05, 0) is 48.6 Å². The summed E-state index contributed by atoms with van der Waals surface area (Å²) in [5, 5.41) is 0.903. The number of benzene rings is 2. The molecule has 1 heterocycles. The molecule has 0 saturated heterocycles. The van der Waals surface area contributed by atoms with Crippen molar-refractivity contribution >= 4 is 26.6 Å². The highest BCUT2D eigenvalue weighted by Gasteiger charge is 2.18. The van der Waals surface area contributed by atoms with Crippen LogP contribution in [-0.4, -0.2) is 13.4 Å². The van der Waals surface area contributed by atoms with Crippen molar-refractivity contribution in [1.82, 2.24) is 4.98 Å². The molecule has 1 aromatic heterocycles. The fourth-order valence-corrected chi connectivity index (χ4v) is 4.73. The monoisotopic (exact) mass is 366 g/mol. The molecular formula is C21H22N2O2S. The zero-order valence-electron chi connectivity index (χ0n) is 14.6. The summed E-state index contributed by atoms with van der Waals surface area (Å²) in [6.45, 7) is 0. The van der Waals surface area contributed by atoms with Crippen LogP contribution in [0.1, 0.15) is 43.6 Å². The number of rotatable bonds is 4. The molecule has 1 aliphatic carbocycles. The number of pyridine rings is 1. The average molecular weight is 366 g/mol. The third-order valence-corrected chi connectivity index (χ3v) is 6.51. The SMILES string of the molecule is O=S(=O)(Nc1cnc2ccccc2c1)c1ccc(C2CCCCC2)cc1. The number of anilines is 1. The van der Waals surface area contributed by atoms with Crippen LogP contribution in [0.2, 0.25) is 0 Å². The number of para-hydroxylation sites is 1. The van der Waals surface area contributed by atoms with Gasteiger partial charge in [-0.25, -0.2) is 8.42 Å². The number of hydrogen-bond acceptors (Lipinski definition) is 3. The predicted octanol–water partition coefficient (Wildman–Crippen LogP) is 5.08. The molecule has 134 valence electrons. The minimum Gasteiger partial charge on any atom is -0.278 e. The van der Waals surface area contributed by atoms with Crippen LogP contribution in [0.15, 0.2) is 65.7 Å². The number of fused-ring (bicyclic) bond motifs is 1. The first-order valence-corrected chi connectivity index (χ1v) is 10.6. The molecule has 0 atom stereocenters. The Labute approximate surface area is 154 Å². The molecular weight excluding hydrogens is 344 g/mol. The van der Waals surface area contributed by atoms with Crippen molar-refractivity contribution in [3.05, 3.63) is 66.4 Å². The molecule has 26 heavy (non-hydrogen) atoms. The van der Waals surface area contributed by atoms with Gasteiger partial charge in [0.05, 0.1) is 22.3 Å². The first-order valence-electron chi connectivity index (χ1n) is 9.09. The van der Waals surface area contributed by atoms with E-state index in [1.807, 2.05) is 36.4 Å². The standard InChI is InChI=1S/C21H22N2O2S/c24-26(25,23-19-14-18-8-4-5-9-21(18)22-15-19)20-12-10-17(11-13-20)16-6-2-1-3-7-16/h4-5,8-16,23H,1-3,6-7H2. The Balaban J connectivity index is 1.55. The molecule has 5 heteroatoms. The predicted molar refractivity (Wildman–Crippen MR) is 105 cm³/mol. The molecule has 1 fully saturated rings. The van der Waals surface area contributed by atoms with Gasteiger partial charge in [0.1, 0.15) is 0 Å². The van der Waals surface area contributed by atoms with Crippen LogP contribution in [0.4, 0.5) is 5.69 Å². The van der Waals surface area contributed by atoms with Gasteiger partial charge in [-0.15, -0.1) is 0 Å². The van der Waals surface area contributed by atoms with E-state index in [0.717, 1.165) is 10.9 Å². The van der Waals surface area contributed by atoms with Crippen LogP contribution in [0, 0.1) is 0 Å². The first kappa shape index (κ1) is 17.0. The number of sulfonamides is 1. The number of aromatic nitrogens is 1. The normalized spacial score (nSPS) is 15.8. The van der Waals surface area contributed by atoms with Gasteiger partial charge >= 0.3 is 0 Å². The largest absolute Gasteiger partial charge is 0.278 e. The molecule has 4 rings (SSSR count). The van der Waals surface area contributed by atoms with E-state index >= 15 is 0 Å². The molecule has 1 saturated carbocycles. The lowest BCUT2D eigenvalue weighted by Gasteiger charge is -2.22. The summed E-state index contributed by atoms with van der Waals surface area (Å²) in [5.74, 6) is 0.568. The van der Waals surface area contributed by atoms with E-state index < -0.39 is 10.0 Å². The Kier molecular flexibility index (Phi) is 4.64. The smallest absolute Gasteiger partial charge is 0.261 e. The van der Waals surface area contributed by atoms with Gasteiger partial charge in [0.2, 0.25) is 0 Å². The van der Waals surface area contributed by atoms with Crippen molar-refractivity contribution in [3.63, 3.8) is 0 Å². The second kappa shape index (κ2) is 7.08. The van der Waals surface area contributed by atoms with E-state index in [4.69, 9.17) is 0 Å². The minimum absolute atomic E-state index is 0.283. The Bertz CT molecular complexity index is 1010. The lowest BCUT2D eigenvalue weighted by atomic mass is 9.84. The van der Waals surface area contributed by atoms with Crippen molar-refractivity contribution in [2.24, 2.45) is 0 Å². The maximum Gasteiger partial charge on any atom is 0.261 e. The fourth-order valence-electron chi connectivity index (χ4n) is 3.70. The molecule has 1 N–H and O–H groups in total. The van der Waals surface area contributed by atoms with Gasteiger partial charge in [-0.1, -0.05) is 49.6 Å². The highest BCUT2D eigenvalue weighted by atomic mass is 32.2. The van der Waals surface area contributed by atoms with Crippen LogP contribution in [0.3, 0.4) is 0 Å². The summed E-state index contributed by atoms with van der Waals surface area (Å²) in [5.41, 5.74) is 2.56. The molecule has 0 bridgehead atoms. The Morgan fingerprint density at radius 2 is 1.65 bits per heavy atom. The Hall–Kier alpha value is -2.40. The molecule has 0 radical (unpaired) electrons. The van der Waals surface area contributed by atoms with Gasteiger partial charge in [-0.3, -0.25) is 9.71 Å². The molecule has 0 amide bonds. The highest BCUT2D eigenvalue weighted by Crippen LogP contribution is 2.33. The molecule has 4 nitrogen and oxygen atoms in total. The maximum atomic E-state index is 12.7. The number of nitrogens with zero attached hydrogens (tertiary/aromatic N) is 1. The first-order chi connectivity index (χ1) is 12.6. The summed E-state index contributed by atoms with van der Waals surface area (Å²) in [4.78, 5) is 4.59. The van der Waals surface area contributed by atoms with Crippen LogP contribution in [-0.2, 0) is 10.0 Å². The van der Waals surface area contributed by atoms with Crippen molar-refractivity contribution in [2.75, 3.05) is 4.72 Å². The zero-order valence-corrected chi connectivity index (χ0v) is 15.4. The molecule has 0 unspecified atom stereocenters. The van der Waals surface area contributed by atoms with Crippen molar-refractivity contribution < 1.29 is 8.42 Å². The average Bonchev–Trinajstić information content (AvgIpc) is 2.68. The van der Waals surface area contributed by atoms with Gasteiger partial charge in [0.25, 0.3) is 10.0 Å². The fraction of sp³-hybridized carbons (Fsp3) is 0.286. The Morgan fingerprint density at radius 3 is 2.42 bits per heavy atom. The Morgan fingerprint density at radius 1 is 0.923 bits per heavy atom. The summed E-state index contributed by atoms with van der Waals surface area (Å²) in [7, 11) is -3.62. The zero-order chi connectivity index (χ0) is 18.0. The highest BCUT2D eigenvalue weighted by molar-refractivity contribution is 7.92.